The third kappa shape index (κ3) is 5.76. The molecule has 0 spiro atoms. The van der Waals surface area contributed by atoms with Gasteiger partial charge in [-0.15, -0.1) is 0 Å². The summed E-state index contributed by atoms with van der Waals surface area (Å²) < 4.78 is 0. The van der Waals surface area contributed by atoms with E-state index in [9.17, 15) is 0 Å². The van der Waals surface area contributed by atoms with Crippen molar-refractivity contribution in [1.82, 2.24) is 0 Å². The summed E-state index contributed by atoms with van der Waals surface area (Å²) >= 11 is 0. The number of nitrogens with one attached hydrogen (secondary N) is 1. The zero-order chi connectivity index (χ0) is 7.49. The zero-order valence-electron chi connectivity index (χ0n) is 6.91. The smallest absolute Gasteiger partial charge is 0.0502 e. The lowest BCUT2D eigenvalue weighted by atomic mass is 10.3. The van der Waals surface area contributed by atoms with E-state index in [0.29, 0.717) is 0 Å². The fraction of sp³-hybridized carbons (Fsp3) is 0.857. The fourth-order valence-electron chi connectivity index (χ4n) is 0.765. The summed E-state index contributed by atoms with van der Waals surface area (Å²) in [5.74, 6) is 0. The molecule has 0 bridgehead atoms. The number of rotatable bonds is 3. The minimum absolute atomic E-state index is 0.925. The molecule has 1 N–H and O–H groups in total. The molecule has 0 radical (unpaired) electrons. The molecule has 0 aromatic rings. The van der Waals surface area contributed by atoms with Crippen LogP contribution in [0.4, 0.5) is 0 Å². The van der Waals surface area contributed by atoms with E-state index in [0.717, 1.165) is 18.2 Å². The Morgan fingerprint density at radius 3 is 1.89 bits per heavy atom. The molecule has 1 nitrogen and oxygen atoms in total. The molecule has 9 heavy (non-hydrogen) atoms. The Labute approximate surface area is 59.0 Å². The van der Waals surface area contributed by atoms with Gasteiger partial charge in [0.1, 0.15) is 0 Å². The van der Waals surface area contributed by atoms with Gasteiger partial charge in [-0.3, -0.25) is 0 Å². The standard InChI is InChI=1S/C7H17NSi/c1-5-7(8)6-9(2,3)4/h8H,5-6H2,1-4H3. The molecule has 0 aromatic heterocycles. The first-order valence-corrected chi connectivity index (χ1v) is 7.22. The van der Waals surface area contributed by atoms with Gasteiger partial charge in [-0.2, -0.15) is 0 Å². The predicted octanol–water partition coefficient (Wildman–Crippen LogP) is 2.75. The highest BCUT2D eigenvalue weighted by Crippen LogP contribution is 2.09. The van der Waals surface area contributed by atoms with Gasteiger partial charge >= 0.3 is 0 Å². The normalized spacial score (nSPS) is 11.6. The number of hydrogen-bond acceptors (Lipinski definition) is 1. The van der Waals surface area contributed by atoms with Gasteiger partial charge in [-0.25, -0.2) is 0 Å². The Morgan fingerprint density at radius 2 is 1.78 bits per heavy atom. The summed E-state index contributed by atoms with van der Waals surface area (Å²) in [5, 5.41) is 7.43. The van der Waals surface area contributed by atoms with E-state index in [1.54, 1.807) is 0 Å². The first kappa shape index (κ1) is 8.89. The van der Waals surface area contributed by atoms with Gasteiger partial charge in [0, 0.05) is 5.71 Å². The molecule has 0 saturated heterocycles. The fourth-order valence-corrected chi connectivity index (χ4v) is 2.30. The SMILES string of the molecule is CCC(=N)C[Si](C)(C)C. The summed E-state index contributed by atoms with van der Waals surface area (Å²) in [4.78, 5) is 0. The lowest BCUT2D eigenvalue weighted by Gasteiger charge is -2.14. The van der Waals surface area contributed by atoms with Crippen LogP contribution in [0.15, 0.2) is 0 Å². The highest BCUT2D eigenvalue weighted by atomic mass is 28.3. The van der Waals surface area contributed by atoms with E-state index >= 15 is 0 Å². The van der Waals surface area contributed by atoms with Gasteiger partial charge in [-0.1, -0.05) is 26.6 Å². The topological polar surface area (TPSA) is 23.9 Å². The quantitative estimate of drug-likeness (QED) is 0.464. The molecular formula is C7H17NSi. The highest BCUT2D eigenvalue weighted by molar-refractivity contribution is 6.78. The van der Waals surface area contributed by atoms with E-state index in [4.69, 9.17) is 5.41 Å². The van der Waals surface area contributed by atoms with Crippen LogP contribution in [-0.2, 0) is 0 Å². The Kier molecular flexibility index (Phi) is 3.12. The monoisotopic (exact) mass is 143 g/mol. The molecule has 0 saturated carbocycles. The van der Waals surface area contributed by atoms with Crippen molar-refractivity contribution in [3.05, 3.63) is 0 Å². The maximum absolute atomic E-state index is 7.43. The second kappa shape index (κ2) is 3.16. The van der Waals surface area contributed by atoms with Crippen molar-refractivity contribution in [1.29, 1.82) is 5.41 Å². The molecule has 0 aliphatic rings. The Bertz CT molecular complexity index is 102. The molecule has 0 fully saturated rings. The van der Waals surface area contributed by atoms with Gasteiger partial charge < -0.3 is 5.41 Å². The summed E-state index contributed by atoms with van der Waals surface area (Å²) in [7, 11) is -0.966. The van der Waals surface area contributed by atoms with Crippen LogP contribution in [0.3, 0.4) is 0 Å². The maximum Gasteiger partial charge on any atom is 0.0502 e. The van der Waals surface area contributed by atoms with Crippen molar-refractivity contribution >= 4 is 13.8 Å². The van der Waals surface area contributed by atoms with Crippen molar-refractivity contribution in [2.75, 3.05) is 0 Å². The van der Waals surface area contributed by atoms with E-state index in [2.05, 4.69) is 26.6 Å². The zero-order valence-corrected chi connectivity index (χ0v) is 7.91. The highest BCUT2D eigenvalue weighted by Gasteiger charge is 2.13. The Morgan fingerprint density at radius 1 is 1.33 bits per heavy atom. The van der Waals surface area contributed by atoms with Crippen molar-refractivity contribution in [2.45, 2.75) is 39.0 Å². The van der Waals surface area contributed by atoms with Gasteiger partial charge in [0.15, 0.2) is 0 Å². The molecule has 0 heterocycles. The summed E-state index contributed by atoms with van der Waals surface area (Å²) in [6, 6.07) is 1.07. The first-order chi connectivity index (χ1) is 3.95. The van der Waals surface area contributed by atoms with Crippen LogP contribution in [0.1, 0.15) is 13.3 Å². The lowest BCUT2D eigenvalue weighted by molar-refractivity contribution is 1.21. The molecule has 0 aromatic carbocycles. The largest absolute Gasteiger partial charge is 0.310 e. The molecule has 2 heteroatoms. The van der Waals surface area contributed by atoms with Crippen LogP contribution < -0.4 is 0 Å². The van der Waals surface area contributed by atoms with Gasteiger partial charge in [-0.05, 0) is 12.5 Å². The molecule has 0 aliphatic heterocycles. The third-order valence-corrected chi connectivity index (χ3v) is 2.66. The van der Waals surface area contributed by atoms with Gasteiger partial charge in [0.25, 0.3) is 0 Å². The molecule has 0 amide bonds. The predicted molar refractivity (Wildman–Crippen MR) is 46.2 cm³/mol. The molecule has 0 unspecified atom stereocenters. The number of hydrogen-bond donors (Lipinski definition) is 1. The molecule has 0 rings (SSSR count). The van der Waals surface area contributed by atoms with Crippen molar-refractivity contribution in [2.24, 2.45) is 0 Å². The summed E-state index contributed by atoms with van der Waals surface area (Å²) in [5.41, 5.74) is 0.925. The first-order valence-electron chi connectivity index (χ1n) is 3.52. The van der Waals surface area contributed by atoms with Crippen LogP contribution in [0.2, 0.25) is 25.7 Å². The summed E-state index contributed by atoms with van der Waals surface area (Å²) in [6.45, 7) is 8.97. The van der Waals surface area contributed by atoms with Crippen LogP contribution >= 0.6 is 0 Å². The van der Waals surface area contributed by atoms with Crippen molar-refractivity contribution < 1.29 is 0 Å². The van der Waals surface area contributed by atoms with Gasteiger partial charge in [0.2, 0.25) is 0 Å². The molecule has 54 valence electrons. The Balaban J connectivity index is 3.60. The van der Waals surface area contributed by atoms with Gasteiger partial charge in [0.05, 0.1) is 8.07 Å². The Hall–Kier alpha value is -0.113. The molecule has 0 aliphatic carbocycles. The van der Waals surface area contributed by atoms with Crippen LogP contribution in [0, 0.1) is 5.41 Å². The second-order valence-corrected chi connectivity index (χ2v) is 9.17. The van der Waals surface area contributed by atoms with E-state index in [1.807, 2.05) is 0 Å². The minimum atomic E-state index is -0.966. The van der Waals surface area contributed by atoms with Crippen molar-refractivity contribution in [3.8, 4) is 0 Å². The average molecular weight is 143 g/mol. The summed E-state index contributed by atoms with van der Waals surface area (Å²) in [6.07, 6.45) is 0.935. The average Bonchev–Trinajstić information content (AvgIpc) is 1.62. The van der Waals surface area contributed by atoms with Crippen LogP contribution in [0.5, 0.6) is 0 Å². The molecular weight excluding hydrogens is 126 g/mol. The van der Waals surface area contributed by atoms with E-state index in [-0.39, 0.29) is 0 Å². The van der Waals surface area contributed by atoms with Crippen LogP contribution in [0.25, 0.3) is 0 Å². The molecule has 0 atom stereocenters. The third-order valence-electron chi connectivity index (χ3n) is 1.17. The van der Waals surface area contributed by atoms with Crippen molar-refractivity contribution in [3.63, 3.8) is 0 Å². The van der Waals surface area contributed by atoms with E-state index in [1.165, 1.54) is 0 Å². The van der Waals surface area contributed by atoms with E-state index < -0.39 is 8.07 Å². The second-order valence-electron chi connectivity index (χ2n) is 3.69. The van der Waals surface area contributed by atoms with Crippen LogP contribution in [-0.4, -0.2) is 13.8 Å². The lowest BCUT2D eigenvalue weighted by Crippen LogP contribution is -2.23. The minimum Gasteiger partial charge on any atom is -0.310 e. The maximum atomic E-state index is 7.43.